The SMILES string of the molecule is CCOC(=O)C(Cc1ccc(OCCOC2c3ccc(C)cc3C=Cc3cc(CC)ccc32)cc1)OCC. The van der Waals surface area contributed by atoms with Gasteiger partial charge in [0.05, 0.1) is 13.2 Å². The van der Waals surface area contributed by atoms with Crippen LogP contribution < -0.4 is 4.74 Å². The molecule has 0 fully saturated rings. The number of aryl methyl sites for hydroxylation is 2. The first-order valence-electron chi connectivity index (χ1n) is 13.5. The van der Waals surface area contributed by atoms with Gasteiger partial charge < -0.3 is 18.9 Å². The van der Waals surface area contributed by atoms with Crippen molar-refractivity contribution in [3.05, 3.63) is 99.6 Å². The average molecular weight is 515 g/mol. The standard InChI is InChI=1S/C33H38O5/c1-5-24-11-17-30-27(21-24)13-12-26-20-23(4)8-16-29(26)32(30)38-19-18-37-28-14-9-25(10-15-28)22-31(35-6-2)33(34)36-7-3/h8-17,20-21,31-32H,5-7,18-19,22H2,1-4H3. The van der Waals surface area contributed by atoms with Crippen LogP contribution in [0.15, 0.2) is 60.7 Å². The van der Waals surface area contributed by atoms with E-state index in [1.54, 1.807) is 6.92 Å². The fourth-order valence-electron chi connectivity index (χ4n) is 4.74. The van der Waals surface area contributed by atoms with Crippen LogP contribution in [0.3, 0.4) is 0 Å². The summed E-state index contributed by atoms with van der Waals surface area (Å²) in [7, 11) is 0. The van der Waals surface area contributed by atoms with E-state index in [1.807, 2.05) is 31.2 Å². The molecule has 2 atom stereocenters. The summed E-state index contributed by atoms with van der Waals surface area (Å²) in [6, 6.07) is 20.9. The summed E-state index contributed by atoms with van der Waals surface area (Å²) in [5.74, 6) is 0.428. The van der Waals surface area contributed by atoms with Gasteiger partial charge in [-0.2, -0.15) is 0 Å². The molecule has 4 rings (SSSR count). The van der Waals surface area contributed by atoms with Gasteiger partial charge in [-0.3, -0.25) is 0 Å². The fourth-order valence-corrected chi connectivity index (χ4v) is 4.74. The lowest BCUT2D eigenvalue weighted by Crippen LogP contribution is -2.28. The van der Waals surface area contributed by atoms with Crippen LogP contribution in [-0.2, 0) is 31.8 Å². The second kappa shape index (κ2) is 13.4. The van der Waals surface area contributed by atoms with E-state index < -0.39 is 6.10 Å². The van der Waals surface area contributed by atoms with Gasteiger partial charge in [0.2, 0.25) is 0 Å². The number of benzene rings is 3. The lowest BCUT2D eigenvalue weighted by molar-refractivity contribution is -0.156. The van der Waals surface area contributed by atoms with E-state index in [1.165, 1.54) is 33.4 Å². The Bertz CT molecular complexity index is 1240. The van der Waals surface area contributed by atoms with Crippen LogP contribution in [-0.4, -0.2) is 38.5 Å². The second-order valence-corrected chi connectivity index (χ2v) is 9.43. The summed E-state index contributed by atoms with van der Waals surface area (Å²) >= 11 is 0. The van der Waals surface area contributed by atoms with E-state index in [4.69, 9.17) is 18.9 Å². The zero-order valence-electron chi connectivity index (χ0n) is 22.9. The molecule has 3 aromatic rings. The van der Waals surface area contributed by atoms with Crippen LogP contribution in [0.2, 0.25) is 0 Å². The Kier molecular flexibility index (Phi) is 9.74. The molecule has 0 saturated heterocycles. The molecule has 0 bridgehead atoms. The minimum atomic E-state index is -0.600. The maximum atomic E-state index is 12.1. The van der Waals surface area contributed by atoms with Crippen LogP contribution in [0, 0.1) is 6.92 Å². The third kappa shape index (κ3) is 6.91. The zero-order chi connectivity index (χ0) is 26.9. The van der Waals surface area contributed by atoms with Crippen LogP contribution in [0.1, 0.15) is 65.8 Å². The number of rotatable bonds is 12. The summed E-state index contributed by atoms with van der Waals surface area (Å²) in [5.41, 5.74) is 8.27. The molecule has 3 aromatic carbocycles. The molecule has 0 radical (unpaired) electrons. The maximum absolute atomic E-state index is 12.1. The number of ether oxygens (including phenoxy) is 4. The summed E-state index contributed by atoms with van der Waals surface area (Å²) < 4.78 is 23.2. The van der Waals surface area contributed by atoms with Crippen molar-refractivity contribution in [2.75, 3.05) is 26.4 Å². The van der Waals surface area contributed by atoms with E-state index in [-0.39, 0.29) is 12.1 Å². The lowest BCUT2D eigenvalue weighted by atomic mass is 9.94. The van der Waals surface area contributed by atoms with E-state index in [0.717, 1.165) is 17.7 Å². The van der Waals surface area contributed by atoms with Gasteiger partial charge in [0.15, 0.2) is 6.10 Å². The van der Waals surface area contributed by atoms with Gasteiger partial charge in [-0.25, -0.2) is 4.79 Å². The summed E-state index contributed by atoms with van der Waals surface area (Å²) in [5, 5.41) is 0. The predicted molar refractivity (Wildman–Crippen MR) is 151 cm³/mol. The van der Waals surface area contributed by atoms with Gasteiger partial charge in [-0.1, -0.05) is 73.2 Å². The molecule has 38 heavy (non-hydrogen) atoms. The van der Waals surface area contributed by atoms with Crippen molar-refractivity contribution in [1.29, 1.82) is 0 Å². The van der Waals surface area contributed by atoms with Gasteiger partial charge in [0, 0.05) is 13.0 Å². The van der Waals surface area contributed by atoms with Gasteiger partial charge in [0.1, 0.15) is 18.5 Å². The van der Waals surface area contributed by atoms with Crippen LogP contribution in [0.25, 0.3) is 12.2 Å². The van der Waals surface area contributed by atoms with E-state index in [9.17, 15) is 4.79 Å². The largest absolute Gasteiger partial charge is 0.491 e. The average Bonchev–Trinajstić information content (AvgIpc) is 3.07. The Balaban J connectivity index is 1.39. The number of hydrogen-bond donors (Lipinski definition) is 0. The van der Waals surface area contributed by atoms with Crippen molar-refractivity contribution in [3.63, 3.8) is 0 Å². The van der Waals surface area contributed by atoms with Gasteiger partial charge >= 0.3 is 5.97 Å². The quantitative estimate of drug-likeness (QED) is 0.198. The number of carbonyl (C=O) groups excluding carboxylic acids is 1. The van der Waals surface area contributed by atoms with Crippen molar-refractivity contribution in [1.82, 2.24) is 0 Å². The number of carbonyl (C=O) groups is 1. The molecular weight excluding hydrogens is 476 g/mol. The Morgan fingerprint density at radius 3 is 2.18 bits per heavy atom. The highest BCUT2D eigenvalue weighted by molar-refractivity contribution is 5.77. The lowest BCUT2D eigenvalue weighted by Gasteiger charge is -2.22. The van der Waals surface area contributed by atoms with Crippen molar-refractivity contribution < 1.29 is 23.7 Å². The van der Waals surface area contributed by atoms with Crippen LogP contribution in [0.4, 0.5) is 0 Å². The first kappa shape index (κ1) is 27.6. The molecular formula is C33H38O5. The smallest absolute Gasteiger partial charge is 0.335 e. The van der Waals surface area contributed by atoms with Gasteiger partial charge in [0.25, 0.3) is 0 Å². The van der Waals surface area contributed by atoms with Crippen molar-refractivity contribution in [3.8, 4) is 5.75 Å². The molecule has 0 heterocycles. The molecule has 1 aliphatic carbocycles. The number of esters is 1. The Labute approximate surface area is 226 Å². The van der Waals surface area contributed by atoms with Crippen molar-refractivity contribution in [2.24, 2.45) is 0 Å². The van der Waals surface area contributed by atoms with E-state index in [0.29, 0.717) is 32.8 Å². The summed E-state index contributed by atoms with van der Waals surface area (Å²) in [4.78, 5) is 12.1. The molecule has 0 saturated carbocycles. The van der Waals surface area contributed by atoms with Crippen LogP contribution in [0.5, 0.6) is 5.75 Å². The molecule has 5 nitrogen and oxygen atoms in total. The molecule has 2 unspecified atom stereocenters. The first-order valence-corrected chi connectivity index (χ1v) is 13.5. The Morgan fingerprint density at radius 1 is 0.816 bits per heavy atom. The third-order valence-electron chi connectivity index (χ3n) is 6.71. The normalized spacial score (nSPS) is 14.8. The van der Waals surface area contributed by atoms with E-state index >= 15 is 0 Å². The second-order valence-electron chi connectivity index (χ2n) is 9.43. The highest BCUT2D eigenvalue weighted by Crippen LogP contribution is 2.36. The topological polar surface area (TPSA) is 54.0 Å². The van der Waals surface area contributed by atoms with Gasteiger partial charge in [-0.15, -0.1) is 0 Å². The molecule has 0 N–H and O–H groups in total. The highest BCUT2D eigenvalue weighted by atomic mass is 16.6. The zero-order valence-corrected chi connectivity index (χ0v) is 22.9. The van der Waals surface area contributed by atoms with E-state index in [2.05, 4.69) is 62.4 Å². The maximum Gasteiger partial charge on any atom is 0.335 e. The van der Waals surface area contributed by atoms with Crippen molar-refractivity contribution >= 4 is 18.1 Å². The molecule has 0 amide bonds. The number of hydrogen-bond acceptors (Lipinski definition) is 5. The third-order valence-corrected chi connectivity index (χ3v) is 6.71. The molecule has 200 valence electrons. The molecule has 5 heteroatoms. The van der Waals surface area contributed by atoms with Crippen LogP contribution >= 0.6 is 0 Å². The summed E-state index contributed by atoms with van der Waals surface area (Å²) in [6.45, 7) is 9.63. The Morgan fingerprint density at radius 2 is 1.50 bits per heavy atom. The molecule has 0 aliphatic heterocycles. The molecule has 1 aliphatic rings. The minimum Gasteiger partial charge on any atom is -0.491 e. The molecule has 0 aromatic heterocycles. The number of fused-ring (bicyclic) bond motifs is 2. The first-order chi connectivity index (χ1) is 18.5. The monoisotopic (exact) mass is 514 g/mol. The highest BCUT2D eigenvalue weighted by Gasteiger charge is 2.23. The van der Waals surface area contributed by atoms with Gasteiger partial charge in [-0.05, 0) is 72.7 Å². The fraction of sp³-hybridized carbons (Fsp3) is 0.364. The molecule has 0 spiro atoms. The predicted octanol–water partition coefficient (Wildman–Crippen LogP) is 6.74. The minimum absolute atomic E-state index is 0.161. The van der Waals surface area contributed by atoms with Crippen molar-refractivity contribution in [2.45, 2.75) is 52.7 Å². The summed E-state index contributed by atoms with van der Waals surface area (Å²) in [6.07, 6.45) is 5.10. The Hall–Kier alpha value is -3.41.